The minimum absolute atomic E-state index is 0.00760. The smallest absolute Gasteiger partial charge is 0.404 e. The number of halogens is 2. The number of amides is 1. The van der Waals surface area contributed by atoms with Gasteiger partial charge in [-0.1, -0.05) is 6.07 Å². The summed E-state index contributed by atoms with van der Waals surface area (Å²) in [7, 11) is -1.79. The number of nitrogens with zero attached hydrogens (tertiary/aromatic N) is 2. The Morgan fingerprint density at radius 3 is 2.55 bits per heavy atom. The van der Waals surface area contributed by atoms with Crippen LogP contribution in [-0.4, -0.2) is 42.0 Å². The average molecular weight is 543 g/mol. The van der Waals surface area contributed by atoms with Gasteiger partial charge in [-0.2, -0.15) is 0 Å². The van der Waals surface area contributed by atoms with E-state index in [0.29, 0.717) is 38.8 Å². The van der Waals surface area contributed by atoms with E-state index in [1.807, 2.05) is 0 Å². The number of fused-ring (bicyclic) bond motifs is 2. The van der Waals surface area contributed by atoms with Crippen molar-refractivity contribution in [3.63, 3.8) is 0 Å². The van der Waals surface area contributed by atoms with Crippen molar-refractivity contribution in [1.82, 2.24) is 14.9 Å². The second-order valence-electron chi connectivity index (χ2n) is 9.38. The molecule has 3 N–H and O–H groups in total. The number of carboxylic acid groups (broad SMARTS) is 1. The van der Waals surface area contributed by atoms with E-state index in [1.165, 1.54) is 10.6 Å². The largest absolute Gasteiger partial charge is 0.465 e. The number of aryl methyl sites for hydroxylation is 1. The summed E-state index contributed by atoms with van der Waals surface area (Å²) in [5, 5.41) is 12.0. The van der Waals surface area contributed by atoms with Crippen LogP contribution in [0.15, 0.2) is 53.6 Å². The molecule has 0 saturated carbocycles. The lowest BCUT2D eigenvalue weighted by molar-refractivity contribution is 0.194. The third-order valence-corrected chi connectivity index (χ3v) is 7.47. The van der Waals surface area contributed by atoms with Gasteiger partial charge in [0.25, 0.3) is 5.56 Å². The molecule has 1 aliphatic rings. The monoisotopic (exact) mass is 542 g/mol. The van der Waals surface area contributed by atoms with E-state index in [-0.39, 0.29) is 30.0 Å². The first kappa shape index (κ1) is 25.5. The number of hydrogen-bond acceptors (Lipinski definition) is 5. The van der Waals surface area contributed by atoms with Crippen molar-refractivity contribution in [1.29, 1.82) is 0 Å². The summed E-state index contributed by atoms with van der Waals surface area (Å²) in [6.07, 6.45) is 3.35. The number of carbonyl (C=O) groups is 1. The molecule has 12 heteroatoms. The van der Waals surface area contributed by atoms with E-state index >= 15 is 4.39 Å². The van der Waals surface area contributed by atoms with Crippen molar-refractivity contribution < 1.29 is 27.1 Å². The highest BCUT2D eigenvalue weighted by Gasteiger charge is 2.34. The summed E-state index contributed by atoms with van der Waals surface area (Å²) < 4.78 is 54.8. The topological polar surface area (TPSA) is 124 Å². The van der Waals surface area contributed by atoms with Gasteiger partial charge in [-0.05, 0) is 36.2 Å². The second-order valence-corrected chi connectivity index (χ2v) is 11.5. The molecule has 1 atom stereocenters. The zero-order valence-electron chi connectivity index (χ0n) is 20.5. The predicted octanol–water partition coefficient (Wildman–Crippen LogP) is 4.21. The average Bonchev–Trinajstić information content (AvgIpc) is 3.22. The lowest BCUT2D eigenvalue weighted by atomic mass is 9.98. The molecular weight excluding hydrogens is 518 g/mol. The Hall–Kier alpha value is -4.19. The van der Waals surface area contributed by atoms with Crippen LogP contribution in [0.5, 0.6) is 0 Å². The van der Waals surface area contributed by atoms with E-state index in [2.05, 4.69) is 10.3 Å². The first-order valence-electron chi connectivity index (χ1n) is 11.7. The molecule has 0 aliphatic carbocycles. The summed E-state index contributed by atoms with van der Waals surface area (Å²) in [6.45, 7) is 0.00760. The minimum Gasteiger partial charge on any atom is -0.465 e. The van der Waals surface area contributed by atoms with Gasteiger partial charge in [-0.15, -0.1) is 0 Å². The van der Waals surface area contributed by atoms with Gasteiger partial charge in [0.2, 0.25) is 0 Å². The Kier molecular flexibility index (Phi) is 6.22. The summed E-state index contributed by atoms with van der Waals surface area (Å²) in [4.78, 5) is 28.9. The maximum absolute atomic E-state index is 15.3. The molecule has 0 radical (unpaired) electrons. The fourth-order valence-electron chi connectivity index (χ4n) is 5.14. The molecule has 5 rings (SSSR count). The SMILES string of the molecule is Cn1cc2c3c(c[nH]c3c1=O)C(CCNC(=O)O)N(c1ccc(F)cc1F)c1ccc(CS(C)(=O)=O)cc1-2. The number of rotatable bonds is 6. The van der Waals surface area contributed by atoms with Gasteiger partial charge in [0.1, 0.15) is 17.2 Å². The zero-order chi connectivity index (χ0) is 27.4. The number of benzene rings is 2. The normalized spacial score (nSPS) is 14.8. The molecule has 1 amide bonds. The maximum Gasteiger partial charge on any atom is 0.404 e. The molecule has 9 nitrogen and oxygen atoms in total. The molecule has 0 spiro atoms. The van der Waals surface area contributed by atoms with E-state index in [4.69, 9.17) is 5.11 Å². The number of anilines is 2. The quantitative estimate of drug-likeness (QED) is 0.335. The van der Waals surface area contributed by atoms with Crippen LogP contribution in [0.1, 0.15) is 23.6 Å². The molecule has 4 aromatic rings. The van der Waals surface area contributed by atoms with Crippen molar-refractivity contribution in [2.24, 2.45) is 7.05 Å². The van der Waals surface area contributed by atoms with E-state index in [0.717, 1.165) is 18.4 Å². The van der Waals surface area contributed by atoms with Crippen molar-refractivity contribution in [3.05, 3.63) is 81.9 Å². The van der Waals surface area contributed by atoms with Crippen LogP contribution >= 0.6 is 0 Å². The zero-order valence-corrected chi connectivity index (χ0v) is 21.3. The Morgan fingerprint density at radius 2 is 1.87 bits per heavy atom. The fraction of sp³-hybridized carbons (Fsp3) is 0.231. The fourth-order valence-corrected chi connectivity index (χ4v) is 5.93. The number of pyridine rings is 1. The van der Waals surface area contributed by atoms with E-state index in [9.17, 15) is 22.4 Å². The third-order valence-electron chi connectivity index (χ3n) is 6.61. The van der Waals surface area contributed by atoms with Crippen molar-refractivity contribution in [3.8, 4) is 11.1 Å². The first-order valence-corrected chi connectivity index (χ1v) is 13.7. The highest BCUT2D eigenvalue weighted by Crippen LogP contribution is 2.49. The van der Waals surface area contributed by atoms with Crippen molar-refractivity contribution >= 4 is 38.2 Å². The maximum atomic E-state index is 15.3. The van der Waals surface area contributed by atoms with Gasteiger partial charge >= 0.3 is 6.09 Å². The lowest BCUT2D eigenvalue weighted by Gasteiger charge is -2.34. The Labute approximate surface area is 216 Å². The third kappa shape index (κ3) is 4.51. The summed E-state index contributed by atoms with van der Waals surface area (Å²) >= 11 is 0. The summed E-state index contributed by atoms with van der Waals surface area (Å²) in [5.74, 6) is -1.82. The second kappa shape index (κ2) is 9.28. The van der Waals surface area contributed by atoms with Gasteiger partial charge in [0.15, 0.2) is 9.84 Å². The van der Waals surface area contributed by atoms with Gasteiger partial charge in [-0.3, -0.25) is 4.79 Å². The highest BCUT2D eigenvalue weighted by molar-refractivity contribution is 7.89. The number of sulfone groups is 1. The van der Waals surface area contributed by atoms with Gasteiger partial charge in [-0.25, -0.2) is 22.0 Å². The molecule has 1 unspecified atom stereocenters. The Balaban J connectivity index is 1.85. The van der Waals surface area contributed by atoms with Crippen molar-refractivity contribution in [2.75, 3.05) is 17.7 Å². The summed E-state index contributed by atoms with van der Waals surface area (Å²) in [6, 6.07) is 7.51. The molecule has 3 heterocycles. The lowest BCUT2D eigenvalue weighted by Crippen LogP contribution is -2.30. The number of hydrogen-bond donors (Lipinski definition) is 3. The molecule has 1 aliphatic heterocycles. The summed E-state index contributed by atoms with van der Waals surface area (Å²) in [5.41, 5.74) is 2.81. The van der Waals surface area contributed by atoms with Gasteiger partial charge in [0.05, 0.1) is 17.5 Å². The van der Waals surface area contributed by atoms with Crippen LogP contribution in [-0.2, 0) is 22.6 Å². The number of H-pyrrole nitrogens is 1. The minimum atomic E-state index is -3.38. The van der Waals surface area contributed by atoms with Gasteiger partial charge in [0, 0.05) is 66.1 Å². The van der Waals surface area contributed by atoms with E-state index in [1.54, 1.807) is 42.5 Å². The van der Waals surface area contributed by atoms with Crippen molar-refractivity contribution in [2.45, 2.75) is 18.2 Å². The number of nitrogens with one attached hydrogen (secondary N) is 2. The van der Waals surface area contributed by atoms with E-state index < -0.39 is 33.6 Å². The van der Waals surface area contributed by atoms with Gasteiger partial charge < -0.3 is 24.9 Å². The molecule has 0 fully saturated rings. The molecule has 2 aromatic carbocycles. The predicted molar refractivity (Wildman–Crippen MR) is 139 cm³/mol. The molecule has 2 aromatic heterocycles. The molecular formula is C26H24F2N4O5S. The van der Waals surface area contributed by atoms with Crippen LogP contribution in [0.3, 0.4) is 0 Å². The van der Waals surface area contributed by atoms with Crippen LogP contribution in [0.2, 0.25) is 0 Å². The van der Waals surface area contributed by atoms with Crippen LogP contribution in [0, 0.1) is 11.6 Å². The first-order chi connectivity index (χ1) is 17.9. The molecule has 38 heavy (non-hydrogen) atoms. The number of aromatic amines is 1. The highest BCUT2D eigenvalue weighted by atomic mass is 32.2. The van der Waals surface area contributed by atoms with Crippen LogP contribution < -0.4 is 15.8 Å². The standard InChI is InChI=1S/C26H24F2N4O5S/c1-31-12-18-16-9-14(13-38(2,36)37)3-5-20(16)32(22-6-4-15(27)10-19(22)28)21(7-8-29-26(34)35)17-11-30-24(23(17)18)25(31)33/h3-6,9-12,21,29-30H,7-8,13H2,1-2H3,(H,34,35). The number of aromatic nitrogens is 2. The Bertz CT molecular complexity index is 1760. The molecule has 0 bridgehead atoms. The van der Waals surface area contributed by atoms with Crippen LogP contribution in [0.4, 0.5) is 25.0 Å². The molecule has 0 saturated heterocycles. The Morgan fingerprint density at radius 1 is 1.13 bits per heavy atom. The molecule has 198 valence electrons. The van der Waals surface area contributed by atoms with Crippen LogP contribution in [0.25, 0.3) is 22.0 Å².